The van der Waals surface area contributed by atoms with Crippen molar-refractivity contribution in [1.29, 1.82) is 0 Å². The van der Waals surface area contributed by atoms with Crippen molar-refractivity contribution < 1.29 is 23.3 Å². The SMILES string of the molecule is CCN(CC)S(=O)(=O)c1ccc([C@H](C)[NH2+][C@@H](C)C(=O)NC(=O)NC)cc1. The number of nitrogens with one attached hydrogen (secondary N) is 2. The molecule has 0 saturated heterocycles. The van der Waals surface area contributed by atoms with Crippen LogP contribution in [0.1, 0.15) is 39.3 Å². The van der Waals surface area contributed by atoms with Crippen molar-refractivity contribution in [3.05, 3.63) is 29.8 Å². The van der Waals surface area contributed by atoms with E-state index in [9.17, 15) is 18.0 Å². The summed E-state index contributed by atoms with van der Waals surface area (Å²) in [6.45, 7) is 8.06. The highest BCUT2D eigenvalue weighted by molar-refractivity contribution is 7.89. The Morgan fingerprint density at radius 2 is 1.65 bits per heavy atom. The van der Waals surface area contributed by atoms with Crippen LogP contribution in [-0.2, 0) is 14.8 Å². The van der Waals surface area contributed by atoms with Crippen molar-refractivity contribution in [1.82, 2.24) is 14.9 Å². The maximum absolute atomic E-state index is 12.5. The number of nitrogens with zero attached hydrogens (tertiary/aromatic N) is 1. The Hall–Kier alpha value is -1.97. The highest BCUT2D eigenvalue weighted by Crippen LogP contribution is 2.18. The molecule has 9 heteroatoms. The molecular formula is C17H29N4O4S+. The van der Waals surface area contributed by atoms with E-state index in [-0.39, 0.29) is 10.9 Å². The van der Waals surface area contributed by atoms with Gasteiger partial charge in [0.05, 0.1) is 4.90 Å². The fourth-order valence-electron chi connectivity index (χ4n) is 2.58. The number of urea groups is 1. The highest BCUT2D eigenvalue weighted by Gasteiger charge is 2.24. The molecule has 0 aliphatic rings. The number of hydrogen-bond acceptors (Lipinski definition) is 4. The summed E-state index contributed by atoms with van der Waals surface area (Å²) in [6, 6.07) is 5.58. The molecule has 0 fully saturated rings. The zero-order valence-electron chi connectivity index (χ0n) is 15.9. The summed E-state index contributed by atoms with van der Waals surface area (Å²) in [4.78, 5) is 23.4. The molecule has 0 aliphatic carbocycles. The molecule has 26 heavy (non-hydrogen) atoms. The van der Waals surface area contributed by atoms with Crippen LogP contribution in [-0.4, -0.2) is 50.8 Å². The normalized spacial score (nSPS) is 13.9. The van der Waals surface area contributed by atoms with Crippen LogP contribution in [0.15, 0.2) is 29.2 Å². The van der Waals surface area contributed by atoms with E-state index in [0.29, 0.717) is 13.1 Å². The van der Waals surface area contributed by atoms with Crippen LogP contribution in [0.2, 0.25) is 0 Å². The molecule has 2 atom stereocenters. The molecule has 0 aromatic heterocycles. The molecule has 1 rings (SSSR count). The summed E-state index contributed by atoms with van der Waals surface area (Å²) in [5, 5.41) is 6.38. The van der Waals surface area contributed by atoms with Crippen molar-refractivity contribution in [2.45, 2.75) is 44.7 Å². The van der Waals surface area contributed by atoms with Crippen LogP contribution in [0, 0.1) is 0 Å². The molecule has 1 aromatic rings. The van der Waals surface area contributed by atoms with Gasteiger partial charge < -0.3 is 10.6 Å². The maximum atomic E-state index is 12.5. The van der Waals surface area contributed by atoms with Gasteiger partial charge in [0.2, 0.25) is 10.0 Å². The number of benzene rings is 1. The minimum atomic E-state index is -3.48. The van der Waals surface area contributed by atoms with Gasteiger partial charge in [-0.15, -0.1) is 0 Å². The van der Waals surface area contributed by atoms with E-state index < -0.39 is 28.0 Å². The van der Waals surface area contributed by atoms with Crippen LogP contribution < -0.4 is 16.0 Å². The number of hydrogen-bond donors (Lipinski definition) is 3. The van der Waals surface area contributed by atoms with E-state index >= 15 is 0 Å². The fraction of sp³-hybridized carbons (Fsp3) is 0.529. The van der Waals surface area contributed by atoms with Crippen LogP contribution in [0.3, 0.4) is 0 Å². The van der Waals surface area contributed by atoms with E-state index in [2.05, 4.69) is 10.6 Å². The number of carbonyl (C=O) groups is 2. The van der Waals surface area contributed by atoms with Crippen molar-refractivity contribution in [3.8, 4) is 0 Å². The lowest BCUT2D eigenvalue weighted by Gasteiger charge is -2.19. The first kappa shape index (κ1) is 22.1. The van der Waals surface area contributed by atoms with E-state index in [1.807, 2.05) is 12.2 Å². The number of rotatable bonds is 8. The number of imide groups is 1. The Morgan fingerprint density at radius 1 is 1.12 bits per heavy atom. The van der Waals surface area contributed by atoms with Crippen LogP contribution in [0.5, 0.6) is 0 Å². The Kier molecular flexibility index (Phi) is 8.19. The van der Waals surface area contributed by atoms with E-state index in [1.165, 1.54) is 11.4 Å². The van der Waals surface area contributed by atoms with Gasteiger partial charge in [0.1, 0.15) is 6.04 Å². The second-order valence-corrected chi connectivity index (χ2v) is 7.93. The second kappa shape index (κ2) is 9.65. The number of nitrogens with two attached hydrogens (primary N) is 1. The number of carbonyl (C=O) groups excluding carboxylic acids is 2. The monoisotopic (exact) mass is 385 g/mol. The summed E-state index contributed by atoms with van der Waals surface area (Å²) in [7, 11) is -2.04. The molecule has 4 N–H and O–H groups in total. The van der Waals surface area contributed by atoms with Crippen LogP contribution in [0.25, 0.3) is 0 Å². The third kappa shape index (κ3) is 5.52. The van der Waals surface area contributed by atoms with Crippen molar-refractivity contribution in [2.75, 3.05) is 20.1 Å². The molecule has 0 heterocycles. The average Bonchev–Trinajstić information content (AvgIpc) is 2.62. The van der Waals surface area contributed by atoms with Gasteiger partial charge >= 0.3 is 6.03 Å². The van der Waals surface area contributed by atoms with Crippen LogP contribution in [0.4, 0.5) is 4.79 Å². The van der Waals surface area contributed by atoms with Gasteiger partial charge in [0.15, 0.2) is 6.04 Å². The molecule has 1 aromatic carbocycles. The first-order valence-corrected chi connectivity index (χ1v) is 10.1. The first-order chi connectivity index (χ1) is 12.2. The standard InChI is InChI=1S/C17H28N4O4S/c1-6-21(7-2)26(24,25)15-10-8-14(9-11-15)12(3)19-13(4)16(22)20-17(23)18-5/h8-13,19H,6-7H2,1-5H3,(H2,18,20,22,23)/p+1/t12-,13-/m0/s1. The fourth-order valence-corrected chi connectivity index (χ4v) is 4.03. The average molecular weight is 386 g/mol. The Bertz CT molecular complexity index is 715. The van der Waals surface area contributed by atoms with Gasteiger partial charge in [-0.25, -0.2) is 13.2 Å². The smallest absolute Gasteiger partial charge is 0.321 e. The molecule has 146 valence electrons. The molecule has 0 unspecified atom stereocenters. The molecule has 0 aliphatic heterocycles. The van der Waals surface area contributed by atoms with Gasteiger partial charge in [-0.2, -0.15) is 4.31 Å². The largest absolute Gasteiger partial charge is 0.341 e. The Balaban J connectivity index is 2.82. The molecular weight excluding hydrogens is 356 g/mol. The Labute approximate surface area is 155 Å². The molecule has 0 radical (unpaired) electrons. The van der Waals surface area contributed by atoms with E-state index in [1.54, 1.807) is 45.0 Å². The highest BCUT2D eigenvalue weighted by atomic mass is 32.2. The van der Waals surface area contributed by atoms with Gasteiger partial charge in [0.25, 0.3) is 5.91 Å². The van der Waals surface area contributed by atoms with Crippen molar-refractivity contribution in [2.24, 2.45) is 0 Å². The topological polar surface area (TPSA) is 112 Å². The first-order valence-electron chi connectivity index (χ1n) is 8.65. The second-order valence-electron chi connectivity index (χ2n) is 6.00. The molecule has 0 bridgehead atoms. The molecule has 0 spiro atoms. The minimum absolute atomic E-state index is 0.0781. The zero-order chi connectivity index (χ0) is 19.9. The number of quaternary nitrogens is 1. The third-order valence-corrected chi connectivity index (χ3v) is 6.27. The lowest BCUT2D eigenvalue weighted by molar-refractivity contribution is -0.710. The van der Waals surface area contributed by atoms with Crippen LogP contribution >= 0.6 is 0 Å². The van der Waals surface area contributed by atoms with Gasteiger partial charge in [-0.05, 0) is 26.0 Å². The number of amides is 3. The van der Waals surface area contributed by atoms with E-state index in [0.717, 1.165) is 5.56 Å². The summed E-state index contributed by atoms with van der Waals surface area (Å²) in [5.41, 5.74) is 0.892. The summed E-state index contributed by atoms with van der Waals surface area (Å²) in [5.74, 6) is -0.392. The predicted octanol–water partition coefficient (Wildman–Crippen LogP) is 0.186. The summed E-state index contributed by atoms with van der Waals surface area (Å²) >= 11 is 0. The predicted molar refractivity (Wildman–Crippen MR) is 98.9 cm³/mol. The summed E-state index contributed by atoms with van der Waals surface area (Å²) < 4.78 is 26.4. The van der Waals surface area contributed by atoms with Gasteiger partial charge in [-0.3, -0.25) is 10.1 Å². The van der Waals surface area contributed by atoms with Crippen molar-refractivity contribution >= 4 is 22.0 Å². The Morgan fingerprint density at radius 3 is 2.12 bits per heavy atom. The van der Waals surface area contributed by atoms with Gasteiger partial charge in [-0.1, -0.05) is 26.0 Å². The van der Waals surface area contributed by atoms with E-state index in [4.69, 9.17) is 0 Å². The molecule has 8 nitrogen and oxygen atoms in total. The maximum Gasteiger partial charge on any atom is 0.321 e. The summed E-state index contributed by atoms with van der Waals surface area (Å²) in [6.07, 6.45) is 0. The lowest BCUT2D eigenvalue weighted by atomic mass is 10.1. The van der Waals surface area contributed by atoms with Gasteiger partial charge in [0, 0.05) is 25.7 Å². The molecule has 0 saturated carbocycles. The third-order valence-electron chi connectivity index (χ3n) is 4.20. The molecule has 3 amide bonds. The minimum Gasteiger partial charge on any atom is -0.341 e. The van der Waals surface area contributed by atoms with Crippen molar-refractivity contribution in [3.63, 3.8) is 0 Å². The lowest BCUT2D eigenvalue weighted by Crippen LogP contribution is -2.92. The zero-order valence-corrected chi connectivity index (χ0v) is 16.8. The quantitative estimate of drug-likeness (QED) is 0.593. The number of sulfonamides is 1.